The summed E-state index contributed by atoms with van der Waals surface area (Å²) in [6, 6.07) is 7.45. The Morgan fingerprint density at radius 3 is 2.47 bits per heavy atom. The van der Waals surface area contributed by atoms with Gasteiger partial charge in [0.15, 0.2) is 0 Å². The molecule has 0 heterocycles. The lowest BCUT2D eigenvalue weighted by Crippen LogP contribution is -2.27. The zero-order valence-corrected chi connectivity index (χ0v) is 11.8. The van der Waals surface area contributed by atoms with E-state index in [0.29, 0.717) is 24.1 Å². The van der Waals surface area contributed by atoms with E-state index in [-0.39, 0.29) is 5.91 Å². The van der Waals surface area contributed by atoms with Gasteiger partial charge in [0.2, 0.25) is 0 Å². The number of rotatable bonds is 5. The largest absolute Gasteiger partial charge is 0.490 e. The predicted octanol–water partition coefficient (Wildman–Crippen LogP) is 3.39. The minimum atomic E-state index is -0.0129. The molecular formula is C16H23NO2. The van der Waals surface area contributed by atoms with Crippen LogP contribution in [0.1, 0.15) is 49.9 Å². The Balaban J connectivity index is 1.88. The monoisotopic (exact) mass is 261 g/mol. The molecule has 0 spiro atoms. The Morgan fingerprint density at radius 1 is 1.26 bits per heavy atom. The molecule has 0 saturated heterocycles. The molecule has 1 N–H and O–H groups in total. The second-order valence-corrected chi connectivity index (χ2v) is 5.65. The summed E-state index contributed by atoms with van der Waals surface area (Å²) in [7, 11) is 0. The molecule has 3 heteroatoms. The van der Waals surface area contributed by atoms with Gasteiger partial charge in [-0.3, -0.25) is 4.79 Å². The van der Waals surface area contributed by atoms with Crippen LogP contribution in [0.15, 0.2) is 24.3 Å². The summed E-state index contributed by atoms with van der Waals surface area (Å²) in [5.74, 6) is 1.32. The Hall–Kier alpha value is -1.51. The summed E-state index contributed by atoms with van der Waals surface area (Å²) in [5, 5.41) is 2.91. The first kappa shape index (κ1) is 13.9. The SMILES string of the molecule is CC(C)CNC(=O)c1ccc(OC2CCCC2)cc1. The molecule has 1 saturated carbocycles. The highest BCUT2D eigenvalue weighted by molar-refractivity contribution is 5.94. The first-order valence-electron chi connectivity index (χ1n) is 7.20. The van der Waals surface area contributed by atoms with Gasteiger partial charge >= 0.3 is 0 Å². The lowest BCUT2D eigenvalue weighted by Gasteiger charge is -2.13. The van der Waals surface area contributed by atoms with Gasteiger partial charge in [0.05, 0.1) is 6.10 Å². The van der Waals surface area contributed by atoms with E-state index in [1.165, 1.54) is 12.8 Å². The van der Waals surface area contributed by atoms with Crippen LogP contribution >= 0.6 is 0 Å². The Bertz CT molecular complexity index is 405. The van der Waals surface area contributed by atoms with Gasteiger partial charge in [0, 0.05) is 12.1 Å². The lowest BCUT2D eigenvalue weighted by molar-refractivity contribution is 0.0949. The van der Waals surface area contributed by atoms with Crippen LogP contribution in [0, 0.1) is 5.92 Å². The fourth-order valence-corrected chi connectivity index (χ4v) is 2.28. The van der Waals surface area contributed by atoms with Crippen LogP contribution in [-0.4, -0.2) is 18.6 Å². The van der Waals surface area contributed by atoms with Crippen molar-refractivity contribution in [1.29, 1.82) is 0 Å². The zero-order valence-electron chi connectivity index (χ0n) is 11.8. The van der Waals surface area contributed by atoms with Gasteiger partial charge in [-0.2, -0.15) is 0 Å². The van der Waals surface area contributed by atoms with E-state index in [1.807, 2.05) is 24.3 Å². The Morgan fingerprint density at radius 2 is 1.89 bits per heavy atom. The third-order valence-electron chi connectivity index (χ3n) is 3.39. The number of ether oxygens (including phenoxy) is 1. The van der Waals surface area contributed by atoms with E-state index < -0.39 is 0 Å². The summed E-state index contributed by atoms with van der Waals surface area (Å²) in [6.45, 7) is 4.87. The van der Waals surface area contributed by atoms with Gasteiger partial charge in [-0.15, -0.1) is 0 Å². The van der Waals surface area contributed by atoms with Crippen molar-refractivity contribution in [2.24, 2.45) is 5.92 Å². The molecule has 0 bridgehead atoms. The first-order chi connectivity index (χ1) is 9.15. The van der Waals surface area contributed by atoms with Crippen LogP contribution < -0.4 is 10.1 Å². The molecule has 1 aliphatic carbocycles. The van der Waals surface area contributed by atoms with Crippen molar-refractivity contribution in [3.63, 3.8) is 0 Å². The van der Waals surface area contributed by atoms with Gasteiger partial charge < -0.3 is 10.1 Å². The highest BCUT2D eigenvalue weighted by atomic mass is 16.5. The molecule has 1 aromatic carbocycles. The van der Waals surface area contributed by atoms with E-state index in [2.05, 4.69) is 19.2 Å². The van der Waals surface area contributed by atoms with Crippen molar-refractivity contribution in [2.45, 2.75) is 45.6 Å². The van der Waals surface area contributed by atoms with E-state index in [4.69, 9.17) is 4.74 Å². The van der Waals surface area contributed by atoms with E-state index in [1.54, 1.807) is 0 Å². The molecule has 1 fully saturated rings. The van der Waals surface area contributed by atoms with E-state index in [9.17, 15) is 4.79 Å². The molecule has 3 nitrogen and oxygen atoms in total. The number of hydrogen-bond acceptors (Lipinski definition) is 2. The van der Waals surface area contributed by atoms with Crippen LogP contribution in [0.25, 0.3) is 0 Å². The van der Waals surface area contributed by atoms with E-state index in [0.717, 1.165) is 18.6 Å². The van der Waals surface area contributed by atoms with Gasteiger partial charge in [0.1, 0.15) is 5.75 Å². The number of hydrogen-bond donors (Lipinski definition) is 1. The molecule has 0 radical (unpaired) electrons. The average Bonchev–Trinajstić information content (AvgIpc) is 2.89. The smallest absolute Gasteiger partial charge is 0.251 e. The number of nitrogens with one attached hydrogen (secondary N) is 1. The molecule has 0 aliphatic heterocycles. The normalized spacial score (nSPS) is 15.7. The third-order valence-corrected chi connectivity index (χ3v) is 3.39. The second kappa shape index (κ2) is 6.60. The standard InChI is InChI=1S/C16H23NO2/c1-12(2)11-17-16(18)13-7-9-15(10-8-13)19-14-5-3-4-6-14/h7-10,12,14H,3-6,11H2,1-2H3,(H,17,18). The fourth-order valence-electron chi connectivity index (χ4n) is 2.28. The molecule has 2 rings (SSSR count). The molecular weight excluding hydrogens is 238 g/mol. The first-order valence-corrected chi connectivity index (χ1v) is 7.20. The second-order valence-electron chi connectivity index (χ2n) is 5.65. The fraction of sp³-hybridized carbons (Fsp3) is 0.562. The maximum absolute atomic E-state index is 11.9. The van der Waals surface area contributed by atoms with Gasteiger partial charge in [0.25, 0.3) is 5.91 Å². The maximum atomic E-state index is 11.9. The molecule has 1 aliphatic rings. The molecule has 104 valence electrons. The van der Waals surface area contributed by atoms with Gasteiger partial charge in [-0.25, -0.2) is 0 Å². The number of carbonyl (C=O) groups excluding carboxylic acids is 1. The molecule has 1 amide bonds. The van der Waals surface area contributed by atoms with Crippen molar-refractivity contribution in [3.05, 3.63) is 29.8 Å². The predicted molar refractivity (Wildman–Crippen MR) is 76.5 cm³/mol. The number of benzene rings is 1. The summed E-state index contributed by atoms with van der Waals surface area (Å²) < 4.78 is 5.88. The molecule has 0 atom stereocenters. The molecule has 0 aromatic heterocycles. The summed E-state index contributed by atoms with van der Waals surface area (Å²) >= 11 is 0. The summed E-state index contributed by atoms with van der Waals surface area (Å²) in [4.78, 5) is 11.9. The van der Waals surface area contributed by atoms with Crippen molar-refractivity contribution in [3.8, 4) is 5.75 Å². The van der Waals surface area contributed by atoms with Crippen LogP contribution in [0.2, 0.25) is 0 Å². The zero-order chi connectivity index (χ0) is 13.7. The quantitative estimate of drug-likeness (QED) is 0.882. The van der Waals surface area contributed by atoms with Crippen molar-refractivity contribution in [2.75, 3.05) is 6.54 Å². The Kier molecular flexibility index (Phi) is 4.83. The Labute approximate surface area is 115 Å². The van der Waals surface area contributed by atoms with Crippen LogP contribution in [0.5, 0.6) is 5.75 Å². The molecule has 1 aromatic rings. The number of amides is 1. The van der Waals surface area contributed by atoms with Crippen LogP contribution in [-0.2, 0) is 0 Å². The highest BCUT2D eigenvalue weighted by Gasteiger charge is 2.16. The van der Waals surface area contributed by atoms with Gasteiger partial charge in [-0.05, 0) is 55.9 Å². The summed E-state index contributed by atoms with van der Waals surface area (Å²) in [5.41, 5.74) is 0.694. The minimum absolute atomic E-state index is 0.0129. The maximum Gasteiger partial charge on any atom is 0.251 e. The van der Waals surface area contributed by atoms with Crippen molar-refractivity contribution >= 4 is 5.91 Å². The van der Waals surface area contributed by atoms with Crippen molar-refractivity contribution < 1.29 is 9.53 Å². The topological polar surface area (TPSA) is 38.3 Å². The van der Waals surface area contributed by atoms with E-state index >= 15 is 0 Å². The van der Waals surface area contributed by atoms with Gasteiger partial charge in [-0.1, -0.05) is 13.8 Å². The van der Waals surface area contributed by atoms with Crippen molar-refractivity contribution in [1.82, 2.24) is 5.32 Å². The number of carbonyl (C=O) groups is 1. The third kappa shape index (κ3) is 4.27. The summed E-state index contributed by atoms with van der Waals surface area (Å²) in [6.07, 6.45) is 5.19. The average molecular weight is 261 g/mol. The van der Waals surface area contributed by atoms with Crippen LogP contribution in [0.4, 0.5) is 0 Å². The molecule has 0 unspecified atom stereocenters. The van der Waals surface area contributed by atoms with Crippen LogP contribution in [0.3, 0.4) is 0 Å². The lowest BCUT2D eigenvalue weighted by atomic mass is 10.2. The molecule has 19 heavy (non-hydrogen) atoms. The highest BCUT2D eigenvalue weighted by Crippen LogP contribution is 2.24. The minimum Gasteiger partial charge on any atom is -0.490 e.